The molecule has 0 saturated carbocycles. The van der Waals surface area contributed by atoms with Crippen molar-refractivity contribution >= 4 is 23.5 Å². The van der Waals surface area contributed by atoms with Gasteiger partial charge in [0.25, 0.3) is 0 Å². The highest BCUT2D eigenvalue weighted by Gasteiger charge is 2.29. The summed E-state index contributed by atoms with van der Waals surface area (Å²) in [5.74, 6) is 0.807. The SMILES string of the molecule is COc1ccc(NC(=O)[C@H]2CC(=O)NC(N3CCCCC3)=N2)cc1. The van der Waals surface area contributed by atoms with Crippen molar-refractivity contribution in [1.29, 1.82) is 0 Å². The number of carbonyl (C=O) groups excluding carboxylic acids is 2. The van der Waals surface area contributed by atoms with E-state index in [9.17, 15) is 9.59 Å². The monoisotopic (exact) mass is 330 g/mol. The van der Waals surface area contributed by atoms with E-state index in [-0.39, 0.29) is 18.2 Å². The van der Waals surface area contributed by atoms with Crippen molar-refractivity contribution in [1.82, 2.24) is 10.2 Å². The Kier molecular flexibility index (Phi) is 4.98. The van der Waals surface area contributed by atoms with E-state index >= 15 is 0 Å². The van der Waals surface area contributed by atoms with Crippen molar-refractivity contribution < 1.29 is 14.3 Å². The first-order chi connectivity index (χ1) is 11.7. The topological polar surface area (TPSA) is 83.0 Å². The molecule has 0 bridgehead atoms. The van der Waals surface area contributed by atoms with Gasteiger partial charge in [-0.3, -0.25) is 14.9 Å². The summed E-state index contributed by atoms with van der Waals surface area (Å²) in [5.41, 5.74) is 0.654. The van der Waals surface area contributed by atoms with Crippen LogP contribution in [-0.4, -0.2) is 48.9 Å². The largest absolute Gasteiger partial charge is 0.497 e. The molecule has 0 radical (unpaired) electrons. The predicted molar refractivity (Wildman–Crippen MR) is 91.0 cm³/mol. The van der Waals surface area contributed by atoms with E-state index in [1.54, 1.807) is 31.4 Å². The maximum atomic E-state index is 12.4. The number of benzene rings is 1. The number of likely N-dealkylation sites (tertiary alicyclic amines) is 1. The number of ether oxygens (including phenoxy) is 1. The van der Waals surface area contributed by atoms with Gasteiger partial charge in [-0.2, -0.15) is 0 Å². The highest BCUT2D eigenvalue weighted by Crippen LogP contribution is 2.17. The summed E-state index contributed by atoms with van der Waals surface area (Å²) in [4.78, 5) is 30.9. The Labute approximate surface area is 141 Å². The van der Waals surface area contributed by atoms with Crippen LogP contribution >= 0.6 is 0 Å². The van der Waals surface area contributed by atoms with Gasteiger partial charge in [-0.05, 0) is 43.5 Å². The zero-order valence-corrected chi connectivity index (χ0v) is 13.7. The highest BCUT2D eigenvalue weighted by molar-refractivity contribution is 6.05. The number of piperidine rings is 1. The van der Waals surface area contributed by atoms with Crippen molar-refractivity contribution in [2.45, 2.75) is 31.7 Å². The molecule has 7 heteroatoms. The summed E-state index contributed by atoms with van der Waals surface area (Å²) in [6.07, 6.45) is 3.42. The molecule has 0 unspecified atom stereocenters. The van der Waals surface area contributed by atoms with E-state index in [2.05, 4.69) is 15.6 Å². The van der Waals surface area contributed by atoms with Crippen molar-refractivity contribution in [3.63, 3.8) is 0 Å². The first kappa shape index (κ1) is 16.3. The third kappa shape index (κ3) is 3.84. The van der Waals surface area contributed by atoms with Gasteiger partial charge in [0.2, 0.25) is 17.8 Å². The van der Waals surface area contributed by atoms with Gasteiger partial charge < -0.3 is 15.0 Å². The van der Waals surface area contributed by atoms with Gasteiger partial charge in [0.15, 0.2) is 0 Å². The number of anilines is 1. The molecule has 2 aliphatic rings. The molecule has 2 amide bonds. The van der Waals surface area contributed by atoms with E-state index in [1.165, 1.54) is 6.42 Å². The van der Waals surface area contributed by atoms with Gasteiger partial charge in [0.05, 0.1) is 13.5 Å². The molecular weight excluding hydrogens is 308 g/mol. The van der Waals surface area contributed by atoms with Gasteiger partial charge >= 0.3 is 0 Å². The highest BCUT2D eigenvalue weighted by atomic mass is 16.5. The van der Waals surface area contributed by atoms with Crippen LogP contribution in [0.4, 0.5) is 5.69 Å². The minimum absolute atomic E-state index is 0.0688. The molecule has 2 aliphatic heterocycles. The minimum Gasteiger partial charge on any atom is -0.497 e. The van der Waals surface area contributed by atoms with Crippen LogP contribution in [0.5, 0.6) is 5.75 Å². The molecule has 1 saturated heterocycles. The lowest BCUT2D eigenvalue weighted by Gasteiger charge is -2.32. The molecule has 7 nitrogen and oxygen atoms in total. The summed E-state index contributed by atoms with van der Waals surface area (Å²) in [7, 11) is 1.59. The molecule has 2 heterocycles. The Morgan fingerprint density at radius 3 is 2.62 bits per heavy atom. The second-order valence-electron chi connectivity index (χ2n) is 5.99. The fraction of sp³-hybridized carbons (Fsp3) is 0.471. The Hall–Kier alpha value is -2.57. The van der Waals surface area contributed by atoms with E-state index < -0.39 is 6.04 Å². The Balaban J connectivity index is 1.69. The second kappa shape index (κ2) is 7.33. The molecule has 0 aliphatic carbocycles. The number of aliphatic imine (C=N–C) groups is 1. The minimum atomic E-state index is -0.697. The van der Waals surface area contributed by atoms with Gasteiger partial charge in [-0.1, -0.05) is 0 Å². The lowest BCUT2D eigenvalue weighted by atomic mass is 10.1. The first-order valence-corrected chi connectivity index (χ1v) is 8.23. The average molecular weight is 330 g/mol. The van der Waals surface area contributed by atoms with Crippen molar-refractivity contribution in [2.75, 3.05) is 25.5 Å². The molecule has 1 aromatic rings. The quantitative estimate of drug-likeness (QED) is 0.877. The number of hydrogen-bond donors (Lipinski definition) is 2. The lowest BCUT2D eigenvalue weighted by Crippen LogP contribution is -2.51. The number of amides is 2. The fourth-order valence-corrected chi connectivity index (χ4v) is 2.89. The van der Waals surface area contributed by atoms with Crippen molar-refractivity contribution in [3.05, 3.63) is 24.3 Å². The van der Waals surface area contributed by atoms with Crippen LogP contribution in [0.3, 0.4) is 0 Å². The van der Waals surface area contributed by atoms with Crippen molar-refractivity contribution in [2.24, 2.45) is 4.99 Å². The van der Waals surface area contributed by atoms with E-state index in [4.69, 9.17) is 4.74 Å². The molecule has 0 spiro atoms. The van der Waals surface area contributed by atoms with Crippen LogP contribution in [0.2, 0.25) is 0 Å². The standard InChI is InChI=1S/C17H22N4O3/c1-24-13-7-5-12(6-8-13)18-16(23)14-11-15(22)20-17(19-14)21-9-3-2-4-10-21/h5-8,14H,2-4,9-11H2,1H3,(H,18,23)(H,19,20,22)/t14-/m1/s1. The third-order valence-electron chi connectivity index (χ3n) is 4.22. The molecule has 1 atom stereocenters. The molecule has 0 aromatic heterocycles. The number of carbonyl (C=O) groups is 2. The number of methoxy groups -OCH3 is 1. The van der Waals surface area contributed by atoms with Crippen molar-refractivity contribution in [3.8, 4) is 5.75 Å². The van der Waals surface area contributed by atoms with Crippen LogP contribution in [0.15, 0.2) is 29.3 Å². The molecule has 24 heavy (non-hydrogen) atoms. The number of nitrogens with one attached hydrogen (secondary N) is 2. The Morgan fingerprint density at radius 2 is 1.96 bits per heavy atom. The van der Waals surface area contributed by atoms with Gasteiger partial charge in [0.1, 0.15) is 11.8 Å². The van der Waals surface area contributed by atoms with E-state index in [0.29, 0.717) is 11.6 Å². The van der Waals surface area contributed by atoms with Gasteiger partial charge in [0, 0.05) is 18.8 Å². The van der Waals surface area contributed by atoms with Crippen LogP contribution in [0, 0.1) is 0 Å². The van der Waals surface area contributed by atoms with Gasteiger partial charge in [-0.15, -0.1) is 0 Å². The number of guanidine groups is 1. The summed E-state index contributed by atoms with van der Waals surface area (Å²) < 4.78 is 5.09. The van der Waals surface area contributed by atoms with Crippen LogP contribution in [0.25, 0.3) is 0 Å². The summed E-state index contributed by atoms with van der Waals surface area (Å²) in [5, 5.41) is 5.60. The maximum Gasteiger partial charge on any atom is 0.249 e. The van der Waals surface area contributed by atoms with Crippen LogP contribution in [0.1, 0.15) is 25.7 Å². The number of hydrogen-bond acceptors (Lipinski definition) is 5. The average Bonchev–Trinajstić information content (AvgIpc) is 2.62. The molecule has 3 rings (SSSR count). The summed E-state index contributed by atoms with van der Waals surface area (Å²) in [6.45, 7) is 1.73. The maximum absolute atomic E-state index is 12.4. The fourth-order valence-electron chi connectivity index (χ4n) is 2.89. The van der Waals surface area contributed by atoms with Crippen LogP contribution < -0.4 is 15.4 Å². The first-order valence-electron chi connectivity index (χ1n) is 8.23. The second-order valence-corrected chi connectivity index (χ2v) is 5.99. The Morgan fingerprint density at radius 1 is 1.25 bits per heavy atom. The molecule has 1 fully saturated rings. The van der Waals surface area contributed by atoms with Gasteiger partial charge in [-0.25, -0.2) is 4.99 Å². The predicted octanol–water partition coefficient (Wildman–Crippen LogP) is 1.36. The normalized spacial score (nSPS) is 20.9. The van der Waals surface area contributed by atoms with E-state index in [1.807, 2.05) is 4.90 Å². The Bertz CT molecular complexity index is 636. The number of nitrogens with zero attached hydrogens (tertiary/aromatic N) is 2. The molecule has 1 aromatic carbocycles. The summed E-state index contributed by atoms with van der Waals surface area (Å²) in [6, 6.07) is 6.36. The molecule has 128 valence electrons. The zero-order chi connectivity index (χ0) is 16.9. The zero-order valence-electron chi connectivity index (χ0n) is 13.7. The smallest absolute Gasteiger partial charge is 0.249 e. The van der Waals surface area contributed by atoms with E-state index in [0.717, 1.165) is 31.7 Å². The lowest BCUT2D eigenvalue weighted by molar-refractivity contribution is -0.125. The molecule has 2 N–H and O–H groups in total. The number of rotatable bonds is 3. The molecular formula is C17H22N4O3. The van der Waals surface area contributed by atoms with Crippen LogP contribution in [-0.2, 0) is 9.59 Å². The third-order valence-corrected chi connectivity index (χ3v) is 4.22. The summed E-state index contributed by atoms with van der Waals surface area (Å²) >= 11 is 0.